The Hall–Kier alpha value is -2.37. The molecule has 0 bridgehead atoms. The van der Waals surface area contributed by atoms with E-state index in [0.717, 1.165) is 18.2 Å². The Morgan fingerprint density at radius 2 is 2.12 bits per heavy atom. The van der Waals surface area contributed by atoms with Crippen LogP contribution in [0.5, 0.6) is 0 Å². The molecule has 0 atom stereocenters. The molecule has 0 heterocycles. The van der Waals surface area contributed by atoms with E-state index in [4.69, 9.17) is 21.8 Å². The van der Waals surface area contributed by atoms with Gasteiger partial charge in [0, 0.05) is 6.54 Å². The Morgan fingerprint density at radius 3 is 2.62 bits per heavy atom. The first-order chi connectivity index (χ1) is 11.3. The lowest BCUT2D eigenvalue weighted by Gasteiger charge is -2.21. The Morgan fingerprint density at radius 1 is 1.46 bits per heavy atom. The van der Waals surface area contributed by atoms with Crippen LogP contribution in [0.2, 0.25) is 0 Å². The quantitative estimate of drug-likeness (QED) is 0.185. The molecule has 11 heteroatoms. The van der Waals surface area contributed by atoms with Gasteiger partial charge in [-0.05, 0) is 47.1 Å². The predicted octanol–water partition coefficient (Wildman–Crippen LogP) is 1.80. The molecule has 0 saturated heterocycles. The molecule has 9 nitrogen and oxygen atoms in total. The Kier molecular flexibility index (Phi) is 7.42. The van der Waals surface area contributed by atoms with Gasteiger partial charge < -0.3 is 10.8 Å². The summed E-state index contributed by atoms with van der Waals surface area (Å²) in [6.45, 7) is 0.530. The van der Waals surface area contributed by atoms with Gasteiger partial charge in [-0.1, -0.05) is 0 Å². The number of carboxylic acid groups (broad SMARTS) is 1. The highest BCUT2D eigenvalue weighted by Gasteiger charge is 2.26. The standard InChI is InChI=1S/C13H16BrFN6O3/c14-8-6-7(2-3-9(8)15)21(13(22)23)11(18)10(17)12(20-24)19-5-1-4-16/h2-3,6,17-18,24H,1,4-5,16H2,(H,19,20)(H,22,23). The van der Waals surface area contributed by atoms with Crippen molar-refractivity contribution in [1.29, 1.82) is 10.8 Å². The number of amidine groups is 2. The van der Waals surface area contributed by atoms with E-state index < -0.39 is 23.5 Å². The Labute approximate surface area is 145 Å². The van der Waals surface area contributed by atoms with E-state index >= 15 is 0 Å². The Bertz CT molecular complexity index is 682. The summed E-state index contributed by atoms with van der Waals surface area (Å²) in [7, 11) is 0. The highest BCUT2D eigenvalue weighted by Crippen LogP contribution is 2.23. The number of anilines is 1. The first kappa shape index (κ1) is 19.7. The van der Waals surface area contributed by atoms with Crippen molar-refractivity contribution in [1.82, 2.24) is 5.48 Å². The molecule has 1 rings (SSSR count). The van der Waals surface area contributed by atoms with Crippen LogP contribution in [0.25, 0.3) is 0 Å². The minimum Gasteiger partial charge on any atom is -0.464 e. The van der Waals surface area contributed by atoms with E-state index in [1.807, 2.05) is 0 Å². The molecule has 1 aromatic carbocycles. The second-order valence-corrected chi connectivity index (χ2v) is 5.28. The maximum atomic E-state index is 13.3. The number of nitrogens with two attached hydrogens (primary N) is 1. The van der Waals surface area contributed by atoms with Gasteiger partial charge in [0.25, 0.3) is 0 Å². The number of carbonyl (C=O) groups is 1. The van der Waals surface area contributed by atoms with Crippen LogP contribution in [0.1, 0.15) is 6.42 Å². The molecular weight excluding hydrogens is 387 g/mol. The normalized spacial score (nSPS) is 11.1. The average Bonchev–Trinajstić information content (AvgIpc) is 2.54. The maximum absolute atomic E-state index is 13.3. The first-order valence-corrected chi connectivity index (χ1v) is 7.43. The fourth-order valence-corrected chi connectivity index (χ4v) is 2.00. The fraction of sp³-hybridized carbons (Fsp3) is 0.231. The summed E-state index contributed by atoms with van der Waals surface area (Å²) in [6.07, 6.45) is -1.07. The van der Waals surface area contributed by atoms with E-state index in [2.05, 4.69) is 20.9 Å². The Balaban J connectivity index is 3.13. The number of hydrogen-bond donors (Lipinski definition) is 6. The summed E-state index contributed by atoms with van der Waals surface area (Å²) >= 11 is 2.93. The number of halogens is 2. The van der Waals surface area contributed by atoms with Crippen molar-refractivity contribution in [3.8, 4) is 0 Å². The lowest BCUT2D eigenvalue weighted by molar-refractivity contribution is 0.205. The van der Waals surface area contributed by atoms with E-state index in [1.165, 1.54) is 0 Å². The topological polar surface area (TPSA) is 159 Å². The van der Waals surface area contributed by atoms with Crippen LogP contribution in [-0.2, 0) is 0 Å². The van der Waals surface area contributed by atoms with Gasteiger partial charge in [0.15, 0.2) is 11.7 Å². The van der Waals surface area contributed by atoms with Gasteiger partial charge in [0.05, 0.1) is 10.2 Å². The maximum Gasteiger partial charge on any atom is 0.417 e. The molecule has 0 unspecified atom stereocenters. The molecule has 130 valence electrons. The van der Waals surface area contributed by atoms with E-state index in [0.29, 0.717) is 17.9 Å². The number of benzene rings is 1. The molecule has 0 fully saturated rings. The van der Waals surface area contributed by atoms with Crippen LogP contribution in [0.3, 0.4) is 0 Å². The first-order valence-electron chi connectivity index (χ1n) is 6.64. The summed E-state index contributed by atoms with van der Waals surface area (Å²) in [4.78, 5) is 15.8. The molecule has 0 aromatic heterocycles. The third-order valence-corrected chi connectivity index (χ3v) is 3.40. The molecule has 0 radical (unpaired) electrons. The summed E-state index contributed by atoms with van der Waals surface area (Å²) in [5, 5.41) is 34.1. The van der Waals surface area contributed by atoms with Crippen molar-refractivity contribution in [3.63, 3.8) is 0 Å². The SMILES string of the molecule is N=C(C(=N)N(C(=O)O)c1ccc(F)c(Br)c1)C(=NCCCN)NO. The van der Waals surface area contributed by atoms with Gasteiger partial charge in [0.2, 0.25) is 0 Å². The number of aliphatic imine (C=N–C) groups is 1. The molecular formula is C13H16BrFN6O3. The monoisotopic (exact) mass is 402 g/mol. The molecule has 0 aliphatic rings. The summed E-state index contributed by atoms with van der Waals surface area (Å²) in [5.41, 5.74) is 6.27. The van der Waals surface area contributed by atoms with Gasteiger partial charge in [-0.25, -0.2) is 14.1 Å². The minimum atomic E-state index is -1.55. The number of hydrogen-bond acceptors (Lipinski definition) is 6. The van der Waals surface area contributed by atoms with Crippen molar-refractivity contribution >= 4 is 45.1 Å². The lowest BCUT2D eigenvalue weighted by atomic mass is 10.2. The van der Waals surface area contributed by atoms with Gasteiger partial charge in [-0.3, -0.25) is 26.5 Å². The second-order valence-electron chi connectivity index (χ2n) is 4.42. The van der Waals surface area contributed by atoms with Gasteiger partial charge in [-0.2, -0.15) is 0 Å². The average molecular weight is 403 g/mol. The van der Waals surface area contributed by atoms with Crippen molar-refractivity contribution < 1.29 is 19.5 Å². The van der Waals surface area contributed by atoms with Crippen molar-refractivity contribution in [2.75, 3.05) is 18.0 Å². The van der Waals surface area contributed by atoms with Crippen molar-refractivity contribution in [2.24, 2.45) is 10.7 Å². The van der Waals surface area contributed by atoms with Gasteiger partial charge in [-0.15, -0.1) is 0 Å². The largest absolute Gasteiger partial charge is 0.464 e. The second kappa shape index (κ2) is 9.05. The van der Waals surface area contributed by atoms with Crippen LogP contribution in [0, 0.1) is 16.6 Å². The minimum absolute atomic E-state index is 0.00250. The highest BCUT2D eigenvalue weighted by molar-refractivity contribution is 9.10. The number of nitrogens with one attached hydrogen (secondary N) is 3. The van der Waals surface area contributed by atoms with Crippen LogP contribution < -0.4 is 16.1 Å². The predicted molar refractivity (Wildman–Crippen MR) is 91.0 cm³/mol. The molecule has 0 spiro atoms. The molecule has 1 amide bonds. The lowest BCUT2D eigenvalue weighted by Crippen LogP contribution is -2.45. The number of hydroxylamine groups is 1. The summed E-state index contributed by atoms with van der Waals surface area (Å²) in [5.74, 6) is -1.75. The molecule has 7 N–H and O–H groups in total. The van der Waals surface area contributed by atoms with Crippen molar-refractivity contribution in [3.05, 3.63) is 28.5 Å². The number of amides is 1. The molecule has 0 aliphatic carbocycles. The van der Waals surface area contributed by atoms with Crippen LogP contribution >= 0.6 is 15.9 Å². The molecule has 0 saturated carbocycles. The molecule has 24 heavy (non-hydrogen) atoms. The summed E-state index contributed by atoms with van der Waals surface area (Å²) < 4.78 is 13.3. The van der Waals surface area contributed by atoms with E-state index in [-0.39, 0.29) is 22.5 Å². The fourth-order valence-electron chi connectivity index (χ4n) is 1.64. The van der Waals surface area contributed by atoms with E-state index in [1.54, 1.807) is 5.48 Å². The zero-order chi connectivity index (χ0) is 18.3. The smallest absolute Gasteiger partial charge is 0.417 e. The molecule has 0 aliphatic heterocycles. The third-order valence-electron chi connectivity index (χ3n) is 2.79. The zero-order valence-electron chi connectivity index (χ0n) is 12.4. The van der Waals surface area contributed by atoms with E-state index in [9.17, 15) is 14.3 Å². The third kappa shape index (κ3) is 4.81. The van der Waals surface area contributed by atoms with Gasteiger partial charge >= 0.3 is 6.09 Å². The number of rotatable bonds is 6. The van der Waals surface area contributed by atoms with Crippen LogP contribution in [0.15, 0.2) is 27.7 Å². The van der Waals surface area contributed by atoms with Gasteiger partial charge in [0.1, 0.15) is 11.5 Å². The highest BCUT2D eigenvalue weighted by atomic mass is 79.9. The van der Waals surface area contributed by atoms with Crippen LogP contribution in [0.4, 0.5) is 14.9 Å². The van der Waals surface area contributed by atoms with Crippen LogP contribution in [-0.4, -0.2) is 46.9 Å². The molecule has 1 aromatic rings. The zero-order valence-corrected chi connectivity index (χ0v) is 14.0. The number of nitrogens with zero attached hydrogens (tertiary/aromatic N) is 2. The van der Waals surface area contributed by atoms with Crippen molar-refractivity contribution in [2.45, 2.75) is 6.42 Å². The summed E-state index contributed by atoms with van der Waals surface area (Å²) in [6, 6.07) is 3.32.